The molecule has 2 N–H and O–H groups in total. The Hall–Kier alpha value is -2.36. The maximum absolute atomic E-state index is 10.8. The molecule has 2 rings (SSSR count). The van der Waals surface area contributed by atoms with E-state index in [0.717, 1.165) is 13.0 Å². The van der Waals surface area contributed by atoms with Crippen molar-refractivity contribution in [2.45, 2.75) is 13.3 Å². The van der Waals surface area contributed by atoms with Crippen LogP contribution in [-0.4, -0.2) is 22.6 Å². The van der Waals surface area contributed by atoms with Crippen LogP contribution >= 0.6 is 0 Å². The van der Waals surface area contributed by atoms with Gasteiger partial charge in [0, 0.05) is 12.7 Å². The molecule has 0 aliphatic rings. The number of carbonyl (C=O) groups is 1. The molecule has 0 amide bonds. The van der Waals surface area contributed by atoms with Gasteiger partial charge in [-0.3, -0.25) is 0 Å². The van der Waals surface area contributed by atoms with Gasteiger partial charge in [0.2, 0.25) is 0 Å². The monoisotopic (exact) mass is 256 g/mol. The Balaban J connectivity index is 1.94. The molecule has 98 valence electrons. The van der Waals surface area contributed by atoms with Gasteiger partial charge in [0.15, 0.2) is 0 Å². The summed E-state index contributed by atoms with van der Waals surface area (Å²) in [6.07, 6.45) is 2.38. The Labute approximate surface area is 112 Å². The number of pyridine rings is 1. The zero-order valence-corrected chi connectivity index (χ0v) is 10.8. The molecule has 0 aliphatic carbocycles. The molecule has 2 aromatic rings. The van der Waals surface area contributed by atoms with E-state index >= 15 is 0 Å². The third-order valence-corrected chi connectivity index (χ3v) is 2.97. The van der Waals surface area contributed by atoms with Gasteiger partial charge in [-0.25, -0.2) is 9.78 Å². The van der Waals surface area contributed by atoms with Crippen LogP contribution in [0.15, 0.2) is 42.6 Å². The van der Waals surface area contributed by atoms with Gasteiger partial charge in [-0.1, -0.05) is 24.3 Å². The molecule has 0 spiro atoms. The molecule has 0 atom stereocenters. The number of aromatic nitrogens is 1. The fourth-order valence-corrected chi connectivity index (χ4v) is 1.88. The van der Waals surface area contributed by atoms with E-state index in [4.69, 9.17) is 5.11 Å². The number of anilines is 1. The summed E-state index contributed by atoms with van der Waals surface area (Å²) in [6.45, 7) is 2.81. The zero-order chi connectivity index (χ0) is 13.7. The summed E-state index contributed by atoms with van der Waals surface area (Å²) in [5.74, 6) is -0.349. The van der Waals surface area contributed by atoms with E-state index in [1.54, 1.807) is 6.07 Å². The number of hydrogen-bond donors (Lipinski definition) is 2. The highest BCUT2D eigenvalue weighted by molar-refractivity contribution is 5.88. The lowest BCUT2D eigenvalue weighted by atomic mass is 10.1. The van der Waals surface area contributed by atoms with Gasteiger partial charge in [0.25, 0.3) is 0 Å². The van der Waals surface area contributed by atoms with E-state index in [2.05, 4.69) is 29.4 Å². The van der Waals surface area contributed by atoms with Crippen LogP contribution in [-0.2, 0) is 6.42 Å². The molecular weight excluding hydrogens is 240 g/mol. The molecule has 0 saturated carbocycles. The first-order valence-corrected chi connectivity index (χ1v) is 6.14. The Morgan fingerprint density at radius 2 is 2.11 bits per heavy atom. The van der Waals surface area contributed by atoms with Gasteiger partial charge in [0.1, 0.15) is 5.82 Å². The van der Waals surface area contributed by atoms with Crippen LogP contribution in [0.3, 0.4) is 0 Å². The summed E-state index contributed by atoms with van der Waals surface area (Å²) in [7, 11) is 0. The minimum absolute atomic E-state index is 0.244. The van der Waals surface area contributed by atoms with Crippen LogP contribution in [0.1, 0.15) is 21.5 Å². The molecule has 1 aromatic carbocycles. The number of carboxylic acids is 1. The fraction of sp³-hybridized carbons (Fsp3) is 0.200. The van der Waals surface area contributed by atoms with Crippen molar-refractivity contribution in [1.82, 2.24) is 4.98 Å². The number of aryl methyl sites for hydroxylation is 1. The van der Waals surface area contributed by atoms with Crippen molar-refractivity contribution in [3.8, 4) is 0 Å². The molecular formula is C15H16N2O2. The number of carboxylic acid groups (broad SMARTS) is 1. The molecule has 4 heteroatoms. The summed E-state index contributed by atoms with van der Waals surface area (Å²) < 4.78 is 0. The van der Waals surface area contributed by atoms with E-state index in [0.29, 0.717) is 5.82 Å². The number of nitrogens with one attached hydrogen (secondary N) is 1. The number of nitrogens with zero attached hydrogens (tertiary/aromatic N) is 1. The lowest BCUT2D eigenvalue weighted by Gasteiger charge is -2.08. The topological polar surface area (TPSA) is 62.2 Å². The van der Waals surface area contributed by atoms with Gasteiger partial charge in [0.05, 0.1) is 5.56 Å². The van der Waals surface area contributed by atoms with E-state index in [1.807, 2.05) is 12.1 Å². The highest BCUT2D eigenvalue weighted by Crippen LogP contribution is 2.10. The fourth-order valence-electron chi connectivity index (χ4n) is 1.88. The SMILES string of the molecule is Cc1ccccc1CCNc1cc(C(=O)O)ccn1. The Morgan fingerprint density at radius 1 is 1.32 bits per heavy atom. The second-order valence-corrected chi connectivity index (χ2v) is 4.34. The van der Waals surface area contributed by atoms with Crippen molar-refractivity contribution < 1.29 is 9.90 Å². The smallest absolute Gasteiger partial charge is 0.335 e. The third-order valence-electron chi connectivity index (χ3n) is 2.97. The molecule has 1 heterocycles. The van der Waals surface area contributed by atoms with Gasteiger partial charge in [-0.05, 0) is 36.6 Å². The summed E-state index contributed by atoms with van der Waals surface area (Å²) in [6, 6.07) is 11.2. The van der Waals surface area contributed by atoms with E-state index in [1.165, 1.54) is 23.4 Å². The standard InChI is InChI=1S/C15H16N2O2/c1-11-4-2-3-5-12(11)6-8-16-14-10-13(15(18)19)7-9-17-14/h2-5,7,9-10H,6,8H2,1H3,(H,16,17)(H,18,19). The quantitative estimate of drug-likeness (QED) is 0.863. The zero-order valence-electron chi connectivity index (χ0n) is 10.8. The Morgan fingerprint density at radius 3 is 2.84 bits per heavy atom. The number of hydrogen-bond acceptors (Lipinski definition) is 3. The maximum atomic E-state index is 10.8. The van der Waals surface area contributed by atoms with E-state index in [-0.39, 0.29) is 5.56 Å². The van der Waals surface area contributed by atoms with Crippen molar-refractivity contribution in [3.63, 3.8) is 0 Å². The molecule has 0 radical (unpaired) electrons. The van der Waals surface area contributed by atoms with Crippen molar-refractivity contribution in [1.29, 1.82) is 0 Å². The largest absolute Gasteiger partial charge is 0.478 e. The normalized spacial score (nSPS) is 10.2. The van der Waals surface area contributed by atoms with E-state index < -0.39 is 5.97 Å². The van der Waals surface area contributed by atoms with Crippen LogP contribution in [0.25, 0.3) is 0 Å². The van der Waals surface area contributed by atoms with Crippen LogP contribution in [0.2, 0.25) is 0 Å². The molecule has 0 bridgehead atoms. The lowest BCUT2D eigenvalue weighted by molar-refractivity contribution is 0.0697. The molecule has 4 nitrogen and oxygen atoms in total. The maximum Gasteiger partial charge on any atom is 0.335 e. The first-order valence-electron chi connectivity index (χ1n) is 6.14. The third kappa shape index (κ3) is 3.55. The first kappa shape index (κ1) is 13.1. The molecule has 0 unspecified atom stereocenters. The highest BCUT2D eigenvalue weighted by atomic mass is 16.4. The first-order chi connectivity index (χ1) is 9.16. The Bertz CT molecular complexity index is 582. The van der Waals surface area contributed by atoms with Gasteiger partial charge >= 0.3 is 5.97 Å². The number of rotatable bonds is 5. The summed E-state index contributed by atoms with van der Waals surface area (Å²) >= 11 is 0. The van der Waals surface area contributed by atoms with Gasteiger partial charge in [-0.2, -0.15) is 0 Å². The average Bonchev–Trinajstić information content (AvgIpc) is 2.41. The Kier molecular flexibility index (Phi) is 4.13. The van der Waals surface area contributed by atoms with Crippen molar-refractivity contribution in [2.75, 3.05) is 11.9 Å². The molecule has 1 aromatic heterocycles. The van der Waals surface area contributed by atoms with Crippen molar-refractivity contribution >= 4 is 11.8 Å². The van der Waals surface area contributed by atoms with Gasteiger partial charge < -0.3 is 10.4 Å². The lowest BCUT2D eigenvalue weighted by Crippen LogP contribution is -2.08. The molecule has 0 saturated heterocycles. The number of aromatic carboxylic acids is 1. The second kappa shape index (κ2) is 6.00. The molecule has 0 fully saturated rings. The number of benzene rings is 1. The molecule has 19 heavy (non-hydrogen) atoms. The van der Waals surface area contributed by atoms with Crippen LogP contribution < -0.4 is 5.32 Å². The van der Waals surface area contributed by atoms with Crippen molar-refractivity contribution in [2.24, 2.45) is 0 Å². The highest BCUT2D eigenvalue weighted by Gasteiger charge is 2.04. The summed E-state index contributed by atoms with van der Waals surface area (Å²) in [5, 5.41) is 12.0. The minimum atomic E-state index is -0.940. The second-order valence-electron chi connectivity index (χ2n) is 4.34. The predicted octanol–water partition coefficient (Wildman–Crippen LogP) is 2.74. The van der Waals surface area contributed by atoms with Gasteiger partial charge in [-0.15, -0.1) is 0 Å². The minimum Gasteiger partial charge on any atom is -0.478 e. The summed E-state index contributed by atoms with van der Waals surface area (Å²) in [5.41, 5.74) is 2.79. The molecule has 0 aliphatic heterocycles. The van der Waals surface area contributed by atoms with Crippen LogP contribution in [0, 0.1) is 6.92 Å². The summed E-state index contributed by atoms with van der Waals surface area (Å²) in [4.78, 5) is 14.9. The van der Waals surface area contributed by atoms with E-state index in [9.17, 15) is 4.79 Å². The predicted molar refractivity (Wildman–Crippen MR) is 74.6 cm³/mol. The van der Waals surface area contributed by atoms with Crippen LogP contribution in [0.4, 0.5) is 5.82 Å². The van der Waals surface area contributed by atoms with Crippen molar-refractivity contribution in [3.05, 3.63) is 59.3 Å². The van der Waals surface area contributed by atoms with Crippen LogP contribution in [0.5, 0.6) is 0 Å². The average molecular weight is 256 g/mol.